The first-order chi connectivity index (χ1) is 10.6. The summed E-state index contributed by atoms with van der Waals surface area (Å²) in [6.07, 6.45) is 5.17. The molecule has 1 aliphatic carbocycles. The summed E-state index contributed by atoms with van der Waals surface area (Å²) in [6, 6.07) is -0.355. The summed E-state index contributed by atoms with van der Waals surface area (Å²) in [7, 11) is 1.47. The van der Waals surface area contributed by atoms with Gasteiger partial charge in [0.15, 0.2) is 11.6 Å². The maximum atomic E-state index is 12.4. The molecule has 1 aromatic rings. The molecule has 0 bridgehead atoms. The van der Waals surface area contributed by atoms with Gasteiger partial charge in [-0.3, -0.25) is 10.1 Å². The summed E-state index contributed by atoms with van der Waals surface area (Å²) >= 11 is 0. The van der Waals surface area contributed by atoms with E-state index in [1.165, 1.54) is 19.6 Å². The summed E-state index contributed by atoms with van der Waals surface area (Å²) in [6.45, 7) is 0.706. The van der Waals surface area contributed by atoms with E-state index in [0.717, 1.165) is 12.8 Å². The largest absolute Gasteiger partial charge is 0.491 e. The number of aromatic nitrogens is 2. The zero-order valence-corrected chi connectivity index (χ0v) is 12.3. The van der Waals surface area contributed by atoms with E-state index in [1.807, 2.05) is 0 Å². The molecule has 1 saturated carbocycles. The van der Waals surface area contributed by atoms with Crippen LogP contribution in [0.1, 0.15) is 19.3 Å². The molecular formula is C14H18N4O4. The van der Waals surface area contributed by atoms with Crippen molar-refractivity contribution in [2.45, 2.75) is 19.3 Å². The van der Waals surface area contributed by atoms with Crippen LogP contribution in [0.25, 0.3) is 0 Å². The van der Waals surface area contributed by atoms with Crippen molar-refractivity contribution in [1.82, 2.24) is 14.9 Å². The minimum Gasteiger partial charge on any atom is -0.491 e. The zero-order valence-electron chi connectivity index (χ0n) is 12.3. The van der Waals surface area contributed by atoms with Crippen LogP contribution in [0.15, 0.2) is 12.5 Å². The lowest BCUT2D eigenvalue weighted by molar-refractivity contribution is -0.149. The number of carbonyl (C=O) groups excluding carboxylic acids is 1. The molecule has 2 aliphatic rings. The van der Waals surface area contributed by atoms with Crippen molar-refractivity contribution >= 4 is 17.8 Å². The molecule has 0 radical (unpaired) electrons. The van der Waals surface area contributed by atoms with Gasteiger partial charge in [-0.2, -0.15) is 0 Å². The fraction of sp³-hybridized carbons (Fsp3) is 0.571. The van der Waals surface area contributed by atoms with Crippen molar-refractivity contribution in [3.05, 3.63) is 12.5 Å². The molecule has 8 nitrogen and oxygen atoms in total. The van der Waals surface area contributed by atoms with Gasteiger partial charge in [-0.15, -0.1) is 0 Å². The Morgan fingerprint density at radius 2 is 2.36 bits per heavy atom. The van der Waals surface area contributed by atoms with Crippen LogP contribution in [-0.4, -0.2) is 52.2 Å². The third-order valence-electron chi connectivity index (χ3n) is 4.71. The highest BCUT2D eigenvalue weighted by atomic mass is 16.5. The number of carboxylic acids is 1. The smallest absolute Gasteiger partial charge is 0.323 e. The number of aliphatic carboxylic acids is 1. The fourth-order valence-corrected chi connectivity index (χ4v) is 3.53. The average molecular weight is 306 g/mol. The predicted molar refractivity (Wildman–Crippen MR) is 76.6 cm³/mol. The van der Waals surface area contributed by atoms with Crippen molar-refractivity contribution in [3.63, 3.8) is 0 Å². The lowest BCUT2D eigenvalue weighted by atomic mass is 9.81. The Labute approximate surface area is 127 Å². The molecule has 2 heterocycles. The van der Waals surface area contributed by atoms with Gasteiger partial charge in [-0.05, 0) is 18.8 Å². The minimum absolute atomic E-state index is 0.0306. The molecule has 118 valence electrons. The van der Waals surface area contributed by atoms with E-state index in [1.54, 1.807) is 4.90 Å². The van der Waals surface area contributed by atoms with Gasteiger partial charge in [0.25, 0.3) is 0 Å². The number of anilines is 1. The maximum Gasteiger partial charge on any atom is 0.323 e. The van der Waals surface area contributed by atoms with E-state index in [2.05, 4.69) is 15.3 Å². The third-order valence-corrected chi connectivity index (χ3v) is 4.71. The number of carboxylic acid groups (broad SMARTS) is 1. The van der Waals surface area contributed by atoms with Gasteiger partial charge in [0, 0.05) is 13.1 Å². The standard InChI is InChI=1S/C14H18N4O4/c1-22-10-5-15-8-16-11(10)17-13(21)18-6-9-3-2-4-14(9,7-18)12(19)20/h5,8-9H,2-4,6-7H2,1H3,(H,19,20)(H,15,16,17,21)/t9-,14+/m0/s1. The lowest BCUT2D eigenvalue weighted by Crippen LogP contribution is -2.38. The minimum atomic E-state index is -0.801. The van der Waals surface area contributed by atoms with Crippen LogP contribution >= 0.6 is 0 Å². The van der Waals surface area contributed by atoms with Crippen LogP contribution in [0.4, 0.5) is 10.6 Å². The summed E-state index contributed by atoms with van der Waals surface area (Å²) in [5.41, 5.74) is -0.785. The molecule has 8 heteroatoms. The summed E-state index contributed by atoms with van der Waals surface area (Å²) < 4.78 is 5.09. The van der Waals surface area contributed by atoms with Crippen LogP contribution < -0.4 is 10.1 Å². The Kier molecular flexibility index (Phi) is 3.59. The van der Waals surface area contributed by atoms with Gasteiger partial charge in [-0.1, -0.05) is 6.42 Å². The molecule has 1 aliphatic heterocycles. The number of carbonyl (C=O) groups is 2. The van der Waals surface area contributed by atoms with Crippen molar-refractivity contribution in [2.24, 2.45) is 11.3 Å². The number of fused-ring (bicyclic) bond motifs is 1. The van der Waals surface area contributed by atoms with Gasteiger partial charge in [0.05, 0.1) is 18.7 Å². The number of hydrogen-bond acceptors (Lipinski definition) is 5. The Bertz CT molecular complexity index is 608. The van der Waals surface area contributed by atoms with Crippen molar-refractivity contribution in [3.8, 4) is 5.75 Å². The highest BCUT2D eigenvalue weighted by Crippen LogP contribution is 2.48. The second-order valence-electron chi connectivity index (χ2n) is 5.80. The highest BCUT2D eigenvalue weighted by Gasteiger charge is 2.55. The van der Waals surface area contributed by atoms with Gasteiger partial charge in [0.1, 0.15) is 6.33 Å². The third kappa shape index (κ3) is 2.24. The summed E-state index contributed by atoms with van der Waals surface area (Å²) in [4.78, 5) is 33.4. The Balaban J connectivity index is 1.73. The first-order valence-corrected chi connectivity index (χ1v) is 7.20. The lowest BCUT2D eigenvalue weighted by Gasteiger charge is -2.23. The molecule has 3 rings (SSSR count). The number of hydrogen-bond donors (Lipinski definition) is 2. The number of nitrogens with one attached hydrogen (secondary N) is 1. The fourth-order valence-electron chi connectivity index (χ4n) is 3.53. The highest BCUT2D eigenvalue weighted by molar-refractivity contribution is 5.91. The first kappa shape index (κ1) is 14.6. The molecule has 2 N–H and O–H groups in total. The summed E-state index contributed by atoms with van der Waals surface area (Å²) in [5, 5.41) is 12.2. The number of amides is 2. The molecule has 0 unspecified atom stereocenters. The molecular weight excluding hydrogens is 288 g/mol. The van der Waals surface area contributed by atoms with E-state index >= 15 is 0 Å². The second-order valence-corrected chi connectivity index (χ2v) is 5.80. The molecule has 0 spiro atoms. The first-order valence-electron chi connectivity index (χ1n) is 7.20. The van der Waals surface area contributed by atoms with E-state index in [9.17, 15) is 14.7 Å². The Morgan fingerprint density at radius 3 is 3.05 bits per heavy atom. The predicted octanol–water partition coefficient (Wildman–Crippen LogP) is 1.20. The monoisotopic (exact) mass is 306 g/mol. The van der Waals surface area contributed by atoms with Crippen molar-refractivity contribution in [1.29, 1.82) is 0 Å². The number of nitrogens with zero attached hydrogens (tertiary/aromatic N) is 3. The number of ether oxygens (including phenoxy) is 1. The number of methoxy groups -OCH3 is 1. The van der Waals surface area contributed by atoms with Crippen LogP contribution in [0.3, 0.4) is 0 Å². The normalized spacial score (nSPS) is 26.6. The maximum absolute atomic E-state index is 12.4. The van der Waals surface area contributed by atoms with E-state index in [-0.39, 0.29) is 24.3 Å². The molecule has 1 saturated heterocycles. The summed E-state index contributed by atoms with van der Waals surface area (Å²) in [5.74, 6) is -0.125. The topological polar surface area (TPSA) is 105 Å². The molecule has 1 aromatic heterocycles. The zero-order chi connectivity index (χ0) is 15.7. The van der Waals surface area contributed by atoms with Crippen molar-refractivity contribution < 1.29 is 19.4 Å². The van der Waals surface area contributed by atoms with Crippen LogP contribution in [0.5, 0.6) is 5.75 Å². The van der Waals surface area contributed by atoms with Gasteiger partial charge in [0.2, 0.25) is 0 Å². The van der Waals surface area contributed by atoms with Crippen LogP contribution in [-0.2, 0) is 4.79 Å². The molecule has 2 fully saturated rings. The van der Waals surface area contributed by atoms with Crippen LogP contribution in [0.2, 0.25) is 0 Å². The Hall–Kier alpha value is -2.38. The quantitative estimate of drug-likeness (QED) is 0.869. The van der Waals surface area contributed by atoms with Crippen LogP contribution in [0, 0.1) is 11.3 Å². The number of likely N-dealkylation sites (tertiary alicyclic amines) is 1. The van der Waals surface area contributed by atoms with E-state index in [0.29, 0.717) is 18.7 Å². The van der Waals surface area contributed by atoms with E-state index in [4.69, 9.17) is 4.74 Å². The molecule has 2 amide bonds. The number of rotatable bonds is 3. The Morgan fingerprint density at radius 1 is 1.55 bits per heavy atom. The second kappa shape index (κ2) is 5.43. The van der Waals surface area contributed by atoms with Gasteiger partial charge < -0.3 is 14.7 Å². The van der Waals surface area contributed by atoms with E-state index < -0.39 is 11.4 Å². The molecule has 2 atom stereocenters. The SMILES string of the molecule is COc1cncnc1NC(=O)N1C[C@@H]2CCC[C@@]2(C(=O)O)C1. The van der Waals surface area contributed by atoms with Gasteiger partial charge in [-0.25, -0.2) is 14.8 Å². The van der Waals surface area contributed by atoms with Gasteiger partial charge >= 0.3 is 12.0 Å². The average Bonchev–Trinajstić information content (AvgIpc) is 3.05. The molecule has 0 aromatic carbocycles. The molecule has 22 heavy (non-hydrogen) atoms. The van der Waals surface area contributed by atoms with Crippen molar-refractivity contribution in [2.75, 3.05) is 25.5 Å². The number of urea groups is 1.